The third-order valence-electron chi connectivity index (χ3n) is 3.83. The van der Waals surface area contributed by atoms with Gasteiger partial charge in [0.25, 0.3) is 0 Å². The van der Waals surface area contributed by atoms with E-state index in [1.807, 2.05) is 0 Å². The minimum absolute atomic E-state index is 0.939. The van der Waals surface area contributed by atoms with E-state index < -0.39 is 0 Å². The highest BCUT2D eigenvalue weighted by molar-refractivity contribution is 5.58. The molecular weight excluding hydrogens is 220 g/mol. The average Bonchev–Trinajstić information content (AvgIpc) is 2.40. The van der Waals surface area contributed by atoms with Crippen LogP contribution in [0.25, 0.3) is 0 Å². The number of para-hydroxylation sites is 2. The van der Waals surface area contributed by atoms with Gasteiger partial charge in [-0.15, -0.1) is 0 Å². The molecular formula is C16H19N2+. The predicted octanol–water partition coefficient (Wildman–Crippen LogP) is 3.23. The summed E-state index contributed by atoms with van der Waals surface area (Å²) >= 11 is 0. The Bertz CT molecular complexity index is 550. The zero-order chi connectivity index (χ0) is 12.6. The van der Waals surface area contributed by atoms with Gasteiger partial charge in [0.2, 0.25) is 0 Å². The first-order valence-corrected chi connectivity index (χ1v) is 6.38. The van der Waals surface area contributed by atoms with Gasteiger partial charge in [-0.2, -0.15) is 0 Å². The van der Waals surface area contributed by atoms with Crippen molar-refractivity contribution in [1.82, 2.24) is 4.48 Å². The van der Waals surface area contributed by atoms with Crippen molar-refractivity contribution in [2.75, 3.05) is 25.7 Å². The van der Waals surface area contributed by atoms with E-state index in [1.165, 1.54) is 16.9 Å². The van der Waals surface area contributed by atoms with Crippen LogP contribution in [0.3, 0.4) is 0 Å². The van der Waals surface area contributed by atoms with Crippen LogP contribution in [0, 0.1) is 0 Å². The summed E-state index contributed by atoms with van der Waals surface area (Å²) in [5.41, 5.74) is 4.17. The fourth-order valence-corrected chi connectivity index (χ4v) is 2.95. The second kappa shape index (κ2) is 4.14. The highest BCUT2D eigenvalue weighted by Gasteiger charge is 2.32. The Morgan fingerprint density at radius 2 is 1.61 bits per heavy atom. The van der Waals surface area contributed by atoms with Gasteiger partial charge in [0.1, 0.15) is 12.2 Å². The van der Waals surface area contributed by atoms with E-state index in [0.717, 1.165) is 17.7 Å². The van der Waals surface area contributed by atoms with Crippen LogP contribution >= 0.6 is 0 Å². The summed E-state index contributed by atoms with van der Waals surface area (Å²) in [6.45, 7) is 2.07. The molecule has 1 atom stereocenters. The number of nitrogens with zero attached hydrogens (tertiary/aromatic N) is 2. The highest BCUT2D eigenvalue weighted by Crippen LogP contribution is 2.33. The molecule has 0 radical (unpaired) electrons. The minimum Gasteiger partial charge on any atom is -0.327 e. The van der Waals surface area contributed by atoms with Crippen molar-refractivity contribution >= 4 is 11.4 Å². The Morgan fingerprint density at radius 3 is 2.39 bits per heavy atom. The molecule has 1 aliphatic rings. The summed E-state index contributed by atoms with van der Waals surface area (Å²) in [4.78, 5) is 2.35. The first-order chi connectivity index (χ1) is 8.69. The van der Waals surface area contributed by atoms with E-state index >= 15 is 0 Å². The van der Waals surface area contributed by atoms with Crippen LogP contribution in [0.15, 0.2) is 54.6 Å². The number of benzene rings is 2. The summed E-state index contributed by atoms with van der Waals surface area (Å²) in [6, 6.07) is 19.5. The Morgan fingerprint density at radius 1 is 0.944 bits per heavy atom. The van der Waals surface area contributed by atoms with Gasteiger partial charge < -0.3 is 4.90 Å². The lowest BCUT2D eigenvalue weighted by Crippen LogP contribution is -2.54. The van der Waals surface area contributed by atoms with Gasteiger partial charge in [-0.05, 0) is 18.2 Å². The molecule has 3 rings (SSSR count). The maximum absolute atomic E-state index is 2.35. The molecule has 2 nitrogen and oxygen atoms in total. The maximum Gasteiger partial charge on any atom is 0.159 e. The molecule has 0 bridgehead atoms. The largest absolute Gasteiger partial charge is 0.327 e. The van der Waals surface area contributed by atoms with Crippen molar-refractivity contribution in [2.45, 2.75) is 6.54 Å². The van der Waals surface area contributed by atoms with E-state index in [1.54, 1.807) is 0 Å². The fourth-order valence-electron chi connectivity index (χ4n) is 2.95. The highest BCUT2D eigenvalue weighted by atomic mass is 15.4. The van der Waals surface area contributed by atoms with E-state index in [9.17, 15) is 0 Å². The van der Waals surface area contributed by atoms with Crippen LogP contribution in [-0.2, 0) is 6.54 Å². The first kappa shape index (κ1) is 11.3. The fraction of sp³-hybridized carbons (Fsp3) is 0.250. The van der Waals surface area contributed by atoms with Crippen LogP contribution in [0.2, 0.25) is 0 Å². The van der Waals surface area contributed by atoms with Crippen LogP contribution in [-0.4, -0.2) is 20.8 Å². The Hall–Kier alpha value is -1.80. The summed E-state index contributed by atoms with van der Waals surface area (Å²) < 4.78 is 0.939. The molecule has 0 aliphatic carbocycles. The number of hydrogen-bond donors (Lipinski definition) is 0. The van der Waals surface area contributed by atoms with Crippen LogP contribution in [0.5, 0.6) is 0 Å². The molecule has 18 heavy (non-hydrogen) atoms. The lowest BCUT2D eigenvalue weighted by atomic mass is 10.1. The molecule has 0 spiro atoms. The molecule has 0 fully saturated rings. The quantitative estimate of drug-likeness (QED) is 0.691. The minimum atomic E-state index is 0.939. The molecule has 1 aliphatic heterocycles. The third kappa shape index (κ3) is 1.79. The van der Waals surface area contributed by atoms with Crippen molar-refractivity contribution in [3.8, 4) is 0 Å². The Kier molecular flexibility index (Phi) is 2.60. The summed E-state index contributed by atoms with van der Waals surface area (Å²) in [5, 5.41) is 0. The van der Waals surface area contributed by atoms with Gasteiger partial charge in [-0.3, -0.25) is 4.48 Å². The lowest BCUT2D eigenvalue weighted by molar-refractivity contribution is 0.311. The number of hydrogen-bond acceptors (Lipinski definition) is 1. The standard InChI is InChI=1S/C16H19N2/c1-17-13-18(2,15-9-4-3-5-10-15)12-14-8-6-7-11-16(14)17/h3-11H,12-13H2,1-2H3/q+1. The van der Waals surface area contributed by atoms with Crippen molar-refractivity contribution in [1.29, 1.82) is 0 Å². The SMILES string of the molecule is CN1C[N+](C)(c2ccccc2)Cc2ccccc21. The molecule has 0 saturated heterocycles. The van der Waals surface area contributed by atoms with Gasteiger partial charge >= 0.3 is 0 Å². The van der Waals surface area contributed by atoms with E-state index in [4.69, 9.17) is 0 Å². The molecule has 2 heteroatoms. The molecule has 1 heterocycles. The topological polar surface area (TPSA) is 3.24 Å². The van der Waals surface area contributed by atoms with E-state index in [-0.39, 0.29) is 0 Å². The third-order valence-corrected chi connectivity index (χ3v) is 3.83. The number of fused-ring (bicyclic) bond motifs is 1. The normalized spacial score (nSPS) is 22.7. The van der Waals surface area contributed by atoms with Crippen molar-refractivity contribution in [3.63, 3.8) is 0 Å². The monoisotopic (exact) mass is 239 g/mol. The molecule has 0 amide bonds. The number of rotatable bonds is 1. The van der Waals surface area contributed by atoms with Crippen LogP contribution in [0.1, 0.15) is 5.56 Å². The second-order valence-corrected chi connectivity index (χ2v) is 5.36. The van der Waals surface area contributed by atoms with Gasteiger partial charge in [0.15, 0.2) is 6.67 Å². The molecule has 0 aromatic heterocycles. The van der Waals surface area contributed by atoms with Crippen LogP contribution in [0.4, 0.5) is 11.4 Å². The summed E-state index contributed by atoms with van der Waals surface area (Å²) in [7, 11) is 4.49. The van der Waals surface area contributed by atoms with Crippen LogP contribution < -0.4 is 9.38 Å². The second-order valence-electron chi connectivity index (χ2n) is 5.36. The Labute approximate surface area is 109 Å². The lowest BCUT2D eigenvalue weighted by Gasteiger charge is -2.42. The smallest absolute Gasteiger partial charge is 0.159 e. The Balaban J connectivity index is 2.03. The molecule has 92 valence electrons. The molecule has 2 aromatic carbocycles. The molecule has 0 N–H and O–H groups in total. The molecule has 0 saturated carbocycles. The zero-order valence-corrected chi connectivity index (χ0v) is 11.0. The van der Waals surface area contributed by atoms with Gasteiger partial charge in [-0.25, -0.2) is 0 Å². The van der Waals surface area contributed by atoms with E-state index in [2.05, 4.69) is 73.6 Å². The number of quaternary nitrogens is 1. The summed E-state index contributed by atoms with van der Waals surface area (Å²) in [5.74, 6) is 0. The van der Waals surface area contributed by atoms with Gasteiger partial charge in [0, 0.05) is 18.3 Å². The first-order valence-electron chi connectivity index (χ1n) is 6.38. The van der Waals surface area contributed by atoms with Gasteiger partial charge in [0.05, 0.1) is 7.05 Å². The maximum atomic E-state index is 2.35. The van der Waals surface area contributed by atoms with E-state index in [0.29, 0.717) is 0 Å². The van der Waals surface area contributed by atoms with Gasteiger partial charge in [-0.1, -0.05) is 36.4 Å². The average molecular weight is 239 g/mol. The van der Waals surface area contributed by atoms with Crippen molar-refractivity contribution < 1.29 is 0 Å². The number of anilines is 1. The summed E-state index contributed by atoms with van der Waals surface area (Å²) in [6.07, 6.45) is 0. The van der Waals surface area contributed by atoms with Crippen molar-refractivity contribution in [2.24, 2.45) is 0 Å². The molecule has 2 aromatic rings. The van der Waals surface area contributed by atoms with Crippen molar-refractivity contribution in [3.05, 3.63) is 60.2 Å². The molecule has 1 unspecified atom stereocenters. The predicted molar refractivity (Wildman–Crippen MR) is 77.6 cm³/mol. The zero-order valence-electron chi connectivity index (χ0n) is 11.0.